The molecule has 0 radical (unpaired) electrons. The van der Waals surface area contributed by atoms with Crippen molar-refractivity contribution >= 4 is 50.7 Å². The van der Waals surface area contributed by atoms with Crippen LogP contribution in [0.5, 0.6) is 5.75 Å². The molecule has 0 aliphatic carbocycles. The van der Waals surface area contributed by atoms with Gasteiger partial charge in [0.25, 0.3) is 0 Å². The second-order valence-corrected chi connectivity index (χ2v) is 9.15. The molecule has 0 spiro atoms. The van der Waals surface area contributed by atoms with Crippen LogP contribution in [0.4, 0.5) is 5.69 Å². The van der Waals surface area contributed by atoms with Gasteiger partial charge < -0.3 is 14.5 Å². The summed E-state index contributed by atoms with van der Waals surface area (Å²) in [6.07, 6.45) is 5.41. The molecule has 0 aliphatic rings. The van der Waals surface area contributed by atoms with Crippen molar-refractivity contribution in [3.63, 3.8) is 0 Å². The lowest BCUT2D eigenvalue weighted by Gasteiger charge is -2.11. The summed E-state index contributed by atoms with van der Waals surface area (Å²) in [7, 11) is 1.63. The number of ether oxygens (including phenoxy) is 1. The van der Waals surface area contributed by atoms with Crippen molar-refractivity contribution in [2.24, 2.45) is 0 Å². The lowest BCUT2D eigenvalue weighted by atomic mass is 9.96. The first-order valence-electron chi connectivity index (χ1n) is 11.3. The number of benzene rings is 4. The molecule has 5 rings (SSSR count). The predicted octanol–water partition coefficient (Wildman–Crippen LogP) is 8.03. The minimum absolute atomic E-state index is 0.190. The second-order valence-electron chi connectivity index (χ2n) is 8.27. The molecule has 1 heterocycles. The number of nitrogens with one attached hydrogen (secondary N) is 1. The smallest absolute Gasteiger partial charge is 0.248 e. The van der Waals surface area contributed by atoms with Crippen molar-refractivity contribution in [3.8, 4) is 16.9 Å². The predicted molar refractivity (Wildman–Crippen MR) is 146 cm³/mol. The number of hydrogen-bond donors (Lipinski definition) is 1. The highest BCUT2D eigenvalue weighted by molar-refractivity contribution is 7.98. The van der Waals surface area contributed by atoms with Gasteiger partial charge in [-0.2, -0.15) is 0 Å². The Morgan fingerprint density at radius 2 is 1.74 bits per heavy atom. The molecule has 4 aromatic carbocycles. The maximum atomic E-state index is 12.8. The summed E-state index contributed by atoms with van der Waals surface area (Å²) >= 11 is 1.64. The van der Waals surface area contributed by atoms with Crippen LogP contribution in [0.25, 0.3) is 38.4 Å². The Bertz CT molecular complexity index is 1580. The number of hydrogen-bond acceptors (Lipinski definition) is 4. The molecular weight excluding hydrogens is 454 g/mol. The van der Waals surface area contributed by atoms with Gasteiger partial charge in [-0.3, -0.25) is 4.79 Å². The Balaban J connectivity index is 1.55. The van der Waals surface area contributed by atoms with Gasteiger partial charge in [-0.25, -0.2) is 0 Å². The Hall–Kier alpha value is -3.96. The van der Waals surface area contributed by atoms with Gasteiger partial charge in [0.15, 0.2) is 0 Å². The van der Waals surface area contributed by atoms with E-state index in [0.717, 1.165) is 49.2 Å². The highest BCUT2D eigenvalue weighted by atomic mass is 32.2. The van der Waals surface area contributed by atoms with Crippen LogP contribution in [0, 0.1) is 0 Å². The van der Waals surface area contributed by atoms with E-state index in [0.29, 0.717) is 5.75 Å². The number of thioether (sulfide) groups is 1. The molecule has 0 aliphatic heterocycles. The van der Waals surface area contributed by atoms with E-state index in [4.69, 9.17) is 9.15 Å². The fourth-order valence-electron chi connectivity index (χ4n) is 4.35. The molecule has 1 N–H and O–H groups in total. The maximum Gasteiger partial charge on any atom is 0.248 e. The fourth-order valence-corrected chi connectivity index (χ4v) is 4.81. The van der Waals surface area contributed by atoms with Crippen LogP contribution in [-0.4, -0.2) is 19.3 Å². The Labute approximate surface area is 208 Å². The van der Waals surface area contributed by atoms with Crippen LogP contribution in [0.1, 0.15) is 12.5 Å². The van der Waals surface area contributed by atoms with Gasteiger partial charge in [0, 0.05) is 39.2 Å². The standard InChI is InChI=1S/C30H25NO3S/c1-19(14-30(32)31-21-10-7-11-22(15-21)35-3)25-16-26-27(18-34-29(26)17-28(25)33-2)24-13-6-9-20-8-4-5-12-23(20)24/h4-18H,1-3H3,(H,31,32)/b19-14+. The van der Waals surface area contributed by atoms with Crippen molar-refractivity contribution in [2.75, 3.05) is 18.7 Å². The molecule has 4 nitrogen and oxygen atoms in total. The zero-order valence-electron chi connectivity index (χ0n) is 19.8. The molecule has 0 saturated carbocycles. The zero-order chi connectivity index (χ0) is 24.4. The molecular formula is C30H25NO3S. The SMILES string of the molecule is COc1cc2occ(-c3cccc4ccccc34)c2cc1/C(C)=C/C(=O)Nc1cccc(SC)c1. The molecule has 1 aromatic heterocycles. The normalized spacial score (nSPS) is 11.7. The van der Waals surface area contributed by atoms with Gasteiger partial charge in [-0.15, -0.1) is 11.8 Å². The summed E-state index contributed by atoms with van der Waals surface area (Å²) in [5.74, 6) is 0.464. The molecule has 0 unspecified atom stereocenters. The third kappa shape index (κ3) is 4.55. The number of methoxy groups -OCH3 is 1. The van der Waals surface area contributed by atoms with Crippen LogP contribution in [0.15, 0.2) is 101 Å². The summed E-state index contributed by atoms with van der Waals surface area (Å²) in [4.78, 5) is 13.9. The Morgan fingerprint density at radius 1 is 0.943 bits per heavy atom. The van der Waals surface area contributed by atoms with E-state index in [1.807, 2.05) is 61.7 Å². The number of carbonyl (C=O) groups excluding carboxylic acids is 1. The average Bonchev–Trinajstić information content (AvgIpc) is 3.30. The van der Waals surface area contributed by atoms with Crippen LogP contribution >= 0.6 is 11.8 Å². The Morgan fingerprint density at radius 3 is 2.57 bits per heavy atom. The first kappa shape index (κ1) is 22.8. The second kappa shape index (κ2) is 9.72. The van der Waals surface area contributed by atoms with Crippen molar-refractivity contribution in [2.45, 2.75) is 11.8 Å². The monoisotopic (exact) mass is 479 g/mol. The lowest BCUT2D eigenvalue weighted by Crippen LogP contribution is -2.08. The van der Waals surface area contributed by atoms with Gasteiger partial charge in [0.05, 0.1) is 13.4 Å². The molecule has 35 heavy (non-hydrogen) atoms. The lowest BCUT2D eigenvalue weighted by molar-refractivity contribution is -0.111. The van der Waals surface area contributed by atoms with Crippen LogP contribution in [0.2, 0.25) is 0 Å². The van der Waals surface area contributed by atoms with E-state index >= 15 is 0 Å². The van der Waals surface area contributed by atoms with Crippen LogP contribution < -0.4 is 10.1 Å². The summed E-state index contributed by atoms with van der Waals surface area (Å²) in [6, 6.07) is 26.3. The molecule has 1 amide bonds. The summed E-state index contributed by atoms with van der Waals surface area (Å²) < 4.78 is 11.6. The molecule has 0 fully saturated rings. The molecule has 174 valence electrons. The van der Waals surface area contributed by atoms with Gasteiger partial charge >= 0.3 is 0 Å². The Kier molecular flexibility index (Phi) is 6.34. The largest absolute Gasteiger partial charge is 0.496 e. The van der Waals surface area contributed by atoms with E-state index in [1.54, 1.807) is 31.2 Å². The van der Waals surface area contributed by atoms with E-state index in [9.17, 15) is 4.79 Å². The first-order chi connectivity index (χ1) is 17.1. The van der Waals surface area contributed by atoms with E-state index in [-0.39, 0.29) is 5.91 Å². The third-order valence-electron chi connectivity index (χ3n) is 6.09. The third-order valence-corrected chi connectivity index (χ3v) is 6.81. The van der Waals surface area contributed by atoms with E-state index in [1.165, 1.54) is 5.39 Å². The molecule has 5 aromatic rings. The molecule has 0 bridgehead atoms. The summed E-state index contributed by atoms with van der Waals surface area (Å²) in [5.41, 5.74) is 5.25. The fraction of sp³-hybridized carbons (Fsp3) is 0.100. The summed E-state index contributed by atoms with van der Waals surface area (Å²) in [6.45, 7) is 1.92. The van der Waals surface area contributed by atoms with Crippen molar-refractivity contribution in [1.29, 1.82) is 0 Å². The van der Waals surface area contributed by atoms with Crippen molar-refractivity contribution in [1.82, 2.24) is 0 Å². The molecule has 5 heteroatoms. The first-order valence-corrected chi connectivity index (χ1v) is 12.5. The zero-order valence-corrected chi connectivity index (χ0v) is 20.6. The van der Waals surface area contributed by atoms with Gasteiger partial charge in [-0.05, 0) is 59.4 Å². The van der Waals surface area contributed by atoms with Gasteiger partial charge in [0.1, 0.15) is 11.3 Å². The number of allylic oxidation sites excluding steroid dienone is 1. The quantitative estimate of drug-likeness (QED) is 0.198. The number of rotatable bonds is 6. The number of anilines is 1. The minimum Gasteiger partial charge on any atom is -0.496 e. The minimum atomic E-state index is -0.190. The maximum absolute atomic E-state index is 12.8. The van der Waals surface area contributed by atoms with Crippen molar-refractivity contribution in [3.05, 3.63) is 96.8 Å². The van der Waals surface area contributed by atoms with Crippen LogP contribution in [-0.2, 0) is 4.79 Å². The number of carbonyl (C=O) groups is 1. The molecule has 0 saturated heterocycles. The van der Waals surface area contributed by atoms with E-state index < -0.39 is 0 Å². The van der Waals surface area contributed by atoms with E-state index in [2.05, 4.69) is 35.6 Å². The van der Waals surface area contributed by atoms with Gasteiger partial charge in [0.2, 0.25) is 5.91 Å². The number of amides is 1. The van der Waals surface area contributed by atoms with Gasteiger partial charge in [-0.1, -0.05) is 48.5 Å². The highest BCUT2D eigenvalue weighted by Crippen LogP contribution is 2.39. The van der Waals surface area contributed by atoms with Crippen molar-refractivity contribution < 1.29 is 13.9 Å². The number of furan rings is 1. The summed E-state index contributed by atoms with van der Waals surface area (Å²) in [5, 5.41) is 6.26. The average molecular weight is 480 g/mol. The molecule has 0 atom stereocenters. The number of fused-ring (bicyclic) bond motifs is 2. The van der Waals surface area contributed by atoms with Crippen LogP contribution in [0.3, 0.4) is 0 Å². The topological polar surface area (TPSA) is 51.5 Å². The highest BCUT2D eigenvalue weighted by Gasteiger charge is 2.16.